The Morgan fingerprint density at radius 1 is 1.56 bits per heavy atom. The molecular weight excluding hydrogens is 110 g/mol. The molecule has 0 aromatic heterocycles. The van der Waals surface area contributed by atoms with Gasteiger partial charge in [-0.1, -0.05) is 13.8 Å². The summed E-state index contributed by atoms with van der Waals surface area (Å²) in [5.74, 6) is 1.00. The summed E-state index contributed by atoms with van der Waals surface area (Å²) >= 11 is 0. The summed E-state index contributed by atoms with van der Waals surface area (Å²) in [5.41, 5.74) is 0.677. The van der Waals surface area contributed by atoms with Crippen LogP contribution >= 0.6 is 0 Å². The highest BCUT2D eigenvalue weighted by Gasteiger charge is 2.44. The first kappa shape index (κ1) is 7.07. The Balaban J connectivity index is 2.06. The minimum atomic E-state index is 0.677. The van der Waals surface area contributed by atoms with Crippen molar-refractivity contribution >= 4 is 0 Å². The lowest BCUT2D eigenvalue weighted by Crippen LogP contribution is -2.09. The van der Waals surface area contributed by atoms with Gasteiger partial charge in [-0.3, -0.25) is 0 Å². The second-order valence-corrected chi connectivity index (χ2v) is 3.78. The van der Waals surface area contributed by atoms with E-state index in [0.717, 1.165) is 5.92 Å². The smallest absolute Gasteiger partial charge is 0.00491 e. The molecule has 1 N–H and O–H groups in total. The zero-order valence-electron chi connectivity index (χ0n) is 6.70. The van der Waals surface area contributed by atoms with E-state index in [0.29, 0.717) is 5.41 Å². The second-order valence-electron chi connectivity index (χ2n) is 3.78. The van der Waals surface area contributed by atoms with E-state index in [1.165, 1.54) is 19.4 Å². The summed E-state index contributed by atoms with van der Waals surface area (Å²) in [6.45, 7) is 5.90. The van der Waals surface area contributed by atoms with Crippen molar-refractivity contribution in [2.45, 2.75) is 26.7 Å². The summed E-state index contributed by atoms with van der Waals surface area (Å²) < 4.78 is 0. The molecule has 1 aliphatic carbocycles. The van der Waals surface area contributed by atoms with Crippen molar-refractivity contribution in [1.29, 1.82) is 0 Å². The Hall–Kier alpha value is -0.0400. The Kier molecular flexibility index (Phi) is 1.80. The van der Waals surface area contributed by atoms with Gasteiger partial charge in [0, 0.05) is 0 Å². The van der Waals surface area contributed by atoms with Gasteiger partial charge in [-0.15, -0.1) is 0 Å². The first-order chi connectivity index (χ1) is 4.17. The van der Waals surface area contributed by atoms with E-state index < -0.39 is 0 Å². The Bertz CT molecular complexity index is 96.7. The highest BCUT2D eigenvalue weighted by Crippen LogP contribution is 2.53. The van der Waals surface area contributed by atoms with Crippen LogP contribution in [0.4, 0.5) is 0 Å². The molecule has 1 saturated carbocycles. The van der Waals surface area contributed by atoms with Crippen LogP contribution in [0.25, 0.3) is 0 Å². The van der Waals surface area contributed by atoms with Crippen LogP contribution in [0.15, 0.2) is 0 Å². The topological polar surface area (TPSA) is 12.0 Å². The van der Waals surface area contributed by atoms with Crippen LogP contribution in [-0.2, 0) is 0 Å². The highest BCUT2D eigenvalue weighted by molar-refractivity contribution is 4.94. The van der Waals surface area contributed by atoms with Crippen LogP contribution in [0.2, 0.25) is 0 Å². The number of hydrogen-bond acceptors (Lipinski definition) is 1. The zero-order valence-corrected chi connectivity index (χ0v) is 6.70. The van der Waals surface area contributed by atoms with Crippen LogP contribution in [0.1, 0.15) is 26.7 Å². The van der Waals surface area contributed by atoms with Gasteiger partial charge in [0.05, 0.1) is 0 Å². The minimum Gasteiger partial charge on any atom is -0.320 e. The van der Waals surface area contributed by atoms with Gasteiger partial charge in [0.25, 0.3) is 0 Å². The fourth-order valence-electron chi connectivity index (χ4n) is 1.39. The maximum atomic E-state index is 3.18. The Morgan fingerprint density at radius 3 is 2.44 bits per heavy atom. The van der Waals surface area contributed by atoms with E-state index in [1.54, 1.807) is 0 Å². The van der Waals surface area contributed by atoms with Gasteiger partial charge in [-0.25, -0.2) is 0 Å². The van der Waals surface area contributed by atoms with E-state index in [2.05, 4.69) is 19.2 Å². The standard InChI is InChI=1S/C8H17N/c1-8(2)6-7(8)4-5-9-3/h7,9H,4-6H2,1-3H3/t7-/m1/s1. The molecule has 0 amide bonds. The molecular formula is C8H17N. The number of nitrogens with one attached hydrogen (secondary N) is 1. The van der Waals surface area contributed by atoms with Crippen LogP contribution in [-0.4, -0.2) is 13.6 Å². The fourth-order valence-corrected chi connectivity index (χ4v) is 1.39. The van der Waals surface area contributed by atoms with E-state index in [4.69, 9.17) is 0 Å². The van der Waals surface area contributed by atoms with Gasteiger partial charge < -0.3 is 5.32 Å². The van der Waals surface area contributed by atoms with Gasteiger partial charge >= 0.3 is 0 Å². The molecule has 0 aromatic carbocycles. The average Bonchev–Trinajstić information content (AvgIpc) is 2.35. The minimum absolute atomic E-state index is 0.677. The third-order valence-electron chi connectivity index (χ3n) is 2.46. The third kappa shape index (κ3) is 1.68. The van der Waals surface area contributed by atoms with Crippen LogP contribution in [0, 0.1) is 11.3 Å². The van der Waals surface area contributed by atoms with Gasteiger partial charge in [-0.05, 0) is 37.8 Å². The molecule has 54 valence electrons. The number of hydrogen-bond donors (Lipinski definition) is 1. The molecule has 1 atom stereocenters. The molecule has 9 heavy (non-hydrogen) atoms. The molecule has 0 aromatic rings. The summed E-state index contributed by atoms with van der Waals surface area (Å²) in [4.78, 5) is 0. The molecule has 0 spiro atoms. The predicted octanol–water partition coefficient (Wildman–Crippen LogP) is 1.64. The first-order valence-electron chi connectivity index (χ1n) is 3.81. The number of rotatable bonds is 3. The molecule has 0 heterocycles. The molecule has 0 unspecified atom stereocenters. The van der Waals surface area contributed by atoms with E-state index in [-0.39, 0.29) is 0 Å². The molecule has 1 rings (SSSR count). The summed E-state index contributed by atoms with van der Waals surface area (Å²) in [7, 11) is 2.02. The van der Waals surface area contributed by atoms with Crippen molar-refractivity contribution in [3.05, 3.63) is 0 Å². The third-order valence-corrected chi connectivity index (χ3v) is 2.46. The van der Waals surface area contributed by atoms with Crippen molar-refractivity contribution < 1.29 is 0 Å². The van der Waals surface area contributed by atoms with Crippen molar-refractivity contribution in [3.63, 3.8) is 0 Å². The van der Waals surface area contributed by atoms with Gasteiger partial charge in [0.2, 0.25) is 0 Å². The second kappa shape index (κ2) is 2.30. The van der Waals surface area contributed by atoms with E-state index in [1.807, 2.05) is 7.05 Å². The SMILES string of the molecule is CNCC[C@@H]1CC1(C)C. The van der Waals surface area contributed by atoms with Crippen LogP contribution in [0.5, 0.6) is 0 Å². The fraction of sp³-hybridized carbons (Fsp3) is 1.00. The molecule has 0 saturated heterocycles. The quantitative estimate of drug-likeness (QED) is 0.607. The van der Waals surface area contributed by atoms with E-state index in [9.17, 15) is 0 Å². The lowest BCUT2D eigenvalue weighted by atomic mass is 10.1. The first-order valence-corrected chi connectivity index (χ1v) is 3.81. The molecule has 0 aliphatic heterocycles. The molecule has 1 fully saturated rings. The normalized spacial score (nSPS) is 30.3. The highest BCUT2D eigenvalue weighted by atomic mass is 14.8. The van der Waals surface area contributed by atoms with Crippen LogP contribution in [0.3, 0.4) is 0 Å². The summed E-state index contributed by atoms with van der Waals surface area (Å²) in [6, 6.07) is 0. The monoisotopic (exact) mass is 127 g/mol. The van der Waals surface area contributed by atoms with Gasteiger partial charge in [-0.2, -0.15) is 0 Å². The lowest BCUT2D eigenvalue weighted by Gasteiger charge is -2.00. The zero-order chi connectivity index (χ0) is 6.91. The maximum absolute atomic E-state index is 3.18. The van der Waals surface area contributed by atoms with Crippen molar-refractivity contribution in [1.82, 2.24) is 5.32 Å². The molecule has 0 bridgehead atoms. The van der Waals surface area contributed by atoms with Crippen molar-refractivity contribution in [2.75, 3.05) is 13.6 Å². The summed E-state index contributed by atoms with van der Waals surface area (Å²) in [6.07, 6.45) is 2.80. The summed E-state index contributed by atoms with van der Waals surface area (Å²) in [5, 5.41) is 3.18. The van der Waals surface area contributed by atoms with Crippen molar-refractivity contribution in [3.8, 4) is 0 Å². The largest absolute Gasteiger partial charge is 0.320 e. The van der Waals surface area contributed by atoms with Gasteiger partial charge in [0.15, 0.2) is 0 Å². The van der Waals surface area contributed by atoms with Crippen LogP contribution < -0.4 is 5.32 Å². The molecule has 1 heteroatoms. The predicted molar refractivity (Wildman–Crippen MR) is 40.4 cm³/mol. The van der Waals surface area contributed by atoms with E-state index >= 15 is 0 Å². The average molecular weight is 127 g/mol. The molecule has 1 aliphatic rings. The lowest BCUT2D eigenvalue weighted by molar-refractivity contribution is 0.523. The Morgan fingerprint density at radius 2 is 2.11 bits per heavy atom. The molecule has 0 radical (unpaired) electrons. The van der Waals surface area contributed by atoms with Crippen molar-refractivity contribution in [2.24, 2.45) is 11.3 Å². The van der Waals surface area contributed by atoms with Gasteiger partial charge in [0.1, 0.15) is 0 Å². The molecule has 1 nitrogen and oxygen atoms in total. The Labute approximate surface area is 57.8 Å². The maximum Gasteiger partial charge on any atom is -0.00491 e.